The molecule has 0 aromatic carbocycles. The summed E-state index contributed by atoms with van der Waals surface area (Å²) in [7, 11) is 0. The molecular weight excluding hydrogens is 248 g/mol. The van der Waals surface area contributed by atoms with Gasteiger partial charge in [-0.2, -0.15) is 5.10 Å². The molecule has 0 atom stereocenters. The van der Waals surface area contributed by atoms with Crippen molar-refractivity contribution in [3.8, 4) is 5.82 Å². The van der Waals surface area contributed by atoms with Crippen LogP contribution in [0.15, 0.2) is 36.8 Å². The molecule has 0 bridgehead atoms. The van der Waals surface area contributed by atoms with Gasteiger partial charge in [-0.05, 0) is 30.5 Å². The summed E-state index contributed by atoms with van der Waals surface area (Å²) < 4.78 is 1.77. The average Bonchev–Trinajstić information content (AvgIpc) is 3.03. The molecule has 4 nitrogen and oxygen atoms in total. The highest BCUT2D eigenvalue weighted by atomic mass is 15.3. The van der Waals surface area contributed by atoms with Crippen LogP contribution in [0.3, 0.4) is 0 Å². The molecule has 3 rings (SSSR count). The SMILES string of the molecule is c1cnn(-c2ccc(NCCC3CCCCC3)cn2)c1. The third kappa shape index (κ3) is 3.38. The van der Waals surface area contributed by atoms with Gasteiger partial charge < -0.3 is 5.32 Å². The molecule has 1 N–H and O–H groups in total. The van der Waals surface area contributed by atoms with E-state index >= 15 is 0 Å². The second kappa shape index (κ2) is 6.55. The van der Waals surface area contributed by atoms with Crippen LogP contribution in [0.4, 0.5) is 5.69 Å². The van der Waals surface area contributed by atoms with Gasteiger partial charge in [-0.15, -0.1) is 0 Å². The second-order valence-corrected chi connectivity index (χ2v) is 5.58. The maximum atomic E-state index is 4.42. The van der Waals surface area contributed by atoms with Gasteiger partial charge in [0.05, 0.1) is 11.9 Å². The van der Waals surface area contributed by atoms with Crippen molar-refractivity contribution >= 4 is 5.69 Å². The molecule has 1 saturated carbocycles. The number of aromatic nitrogens is 3. The highest BCUT2D eigenvalue weighted by Crippen LogP contribution is 2.26. The second-order valence-electron chi connectivity index (χ2n) is 5.58. The number of nitrogens with zero attached hydrogens (tertiary/aromatic N) is 3. The third-order valence-corrected chi connectivity index (χ3v) is 4.09. The van der Waals surface area contributed by atoms with E-state index in [4.69, 9.17) is 0 Å². The van der Waals surface area contributed by atoms with Crippen LogP contribution in [-0.2, 0) is 0 Å². The molecular formula is C16H22N4. The van der Waals surface area contributed by atoms with Crippen LogP contribution in [0.1, 0.15) is 38.5 Å². The van der Waals surface area contributed by atoms with E-state index in [1.165, 1.54) is 38.5 Å². The summed E-state index contributed by atoms with van der Waals surface area (Å²) in [5.41, 5.74) is 1.09. The Balaban J connectivity index is 1.48. The minimum atomic E-state index is 0.854. The van der Waals surface area contributed by atoms with Crippen LogP contribution in [0.5, 0.6) is 0 Å². The van der Waals surface area contributed by atoms with E-state index in [1.54, 1.807) is 10.9 Å². The van der Waals surface area contributed by atoms with Crippen molar-refractivity contribution in [1.82, 2.24) is 14.8 Å². The molecule has 0 amide bonds. The molecule has 0 unspecified atom stereocenters. The Morgan fingerprint density at radius 3 is 2.80 bits per heavy atom. The van der Waals surface area contributed by atoms with E-state index in [1.807, 2.05) is 24.5 Å². The van der Waals surface area contributed by atoms with Crippen molar-refractivity contribution in [2.45, 2.75) is 38.5 Å². The first kappa shape index (κ1) is 13.2. The maximum Gasteiger partial charge on any atom is 0.153 e. The molecule has 20 heavy (non-hydrogen) atoms. The molecule has 1 aliphatic rings. The molecule has 0 saturated heterocycles. The lowest BCUT2D eigenvalue weighted by Gasteiger charge is -2.21. The zero-order valence-electron chi connectivity index (χ0n) is 11.8. The van der Waals surface area contributed by atoms with E-state index < -0.39 is 0 Å². The number of hydrogen-bond donors (Lipinski definition) is 1. The topological polar surface area (TPSA) is 42.7 Å². The van der Waals surface area contributed by atoms with Gasteiger partial charge in [-0.25, -0.2) is 9.67 Å². The first-order valence-electron chi connectivity index (χ1n) is 7.62. The number of hydrogen-bond acceptors (Lipinski definition) is 3. The van der Waals surface area contributed by atoms with Gasteiger partial charge in [0.2, 0.25) is 0 Å². The lowest BCUT2D eigenvalue weighted by molar-refractivity contribution is 0.345. The fraction of sp³-hybridized carbons (Fsp3) is 0.500. The number of pyridine rings is 1. The molecule has 2 aromatic heterocycles. The summed E-state index contributed by atoms with van der Waals surface area (Å²) in [5.74, 6) is 1.78. The van der Waals surface area contributed by atoms with Crippen LogP contribution >= 0.6 is 0 Å². The Kier molecular flexibility index (Phi) is 4.31. The molecule has 0 radical (unpaired) electrons. The van der Waals surface area contributed by atoms with Crippen LogP contribution in [-0.4, -0.2) is 21.3 Å². The van der Waals surface area contributed by atoms with Gasteiger partial charge in [-0.1, -0.05) is 32.1 Å². The van der Waals surface area contributed by atoms with Crippen molar-refractivity contribution in [3.05, 3.63) is 36.8 Å². The molecule has 1 aliphatic carbocycles. The molecule has 4 heteroatoms. The Morgan fingerprint density at radius 2 is 2.10 bits per heavy atom. The summed E-state index contributed by atoms with van der Waals surface area (Å²) in [6.07, 6.45) is 13.9. The van der Waals surface area contributed by atoms with E-state index in [0.29, 0.717) is 0 Å². The molecule has 106 valence electrons. The van der Waals surface area contributed by atoms with Crippen LogP contribution < -0.4 is 5.32 Å². The minimum absolute atomic E-state index is 0.854. The Morgan fingerprint density at radius 1 is 1.20 bits per heavy atom. The fourth-order valence-corrected chi connectivity index (χ4v) is 2.93. The largest absolute Gasteiger partial charge is 0.384 e. The smallest absolute Gasteiger partial charge is 0.153 e. The zero-order valence-corrected chi connectivity index (χ0v) is 11.8. The first-order valence-corrected chi connectivity index (χ1v) is 7.62. The quantitative estimate of drug-likeness (QED) is 0.901. The maximum absolute atomic E-state index is 4.42. The van der Waals surface area contributed by atoms with Gasteiger partial charge in [0.15, 0.2) is 5.82 Å². The van der Waals surface area contributed by atoms with Crippen molar-refractivity contribution < 1.29 is 0 Å². The lowest BCUT2D eigenvalue weighted by Crippen LogP contribution is -2.12. The Labute approximate surface area is 120 Å². The summed E-state index contributed by atoms with van der Waals surface area (Å²) in [4.78, 5) is 4.42. The highest BCUT2D eigenvalue weighted by molar-refractivity contribution is 5.43. The van der Waals surface area contributed by atoms with Gasteiger partial charge in [0.1, 0.15) is 0 Å². The standard InChI is InChI=1S/C16H22N4/c1-2-5-14(6-3-1)9-11-17-15-7-8-16(18-13-15)20-12-4-10-19-20/h4,7-8,10,12-14,17H,1-3,5-6,9,11H2. The van der Waals surface area contributed by atoms with Crippen LogP contribution in [0, 0.1) is 5.92 Å². The van der Waals surface area contributed by atoms with Crippen LogP contribution in [0.25, 0.3) is 5.82 Å². The molecule has 0 aliphatic heterocycles. The summed E-state index contributed by atoms with van der Waals surface area (Å²) >= 11 is 0. The molecule has 2 heterocycles. The summed E-state index contributed by atoms with van der Waals surface area (Å²) in [6, 6.07) is 5.97. The fourth-order valence-electron chi connectivity index (χ4n) is 2.93. The Hall–Kier alpha value is -1.84. The van der Waals surface area contributed by atoms with Crippen molar-refractivity contribution in [2.75, 3.05) is 11.9 Å². The molecule has 0 spiro atoms. The van der Waals surface area contributed by atoms with Crippen molar-refractivity contribution in [1.29, 1.82) is 0 Å². The van der Waals surface area contributed by atoms with E-state index in [9.17, 15) is 0 Å². The first-order chi connectivity index (χ1) is 9.92. The van der Waals surface area contributed by atoms with Gasteiger partial charge in [0.25, 0.3) is 0 Å². The Bertz CT molecular complexity index is 498. The monoisotopic (exact) mass is 270 g/mol. The van der Waals surface area contributed by atoms with Gasteiger partial charge in [0, 0.05) is 18.9 Å². The number of anilines is 1. The van der Waals surface area contributed by atoms with Crippen molar-refractivity contribution in [3.63, 3.8) is 0 Å². The number of rotatable bonds is 5. The average molecular weight is 270 g/mol. The third-order valence-electron chi connectivity index (χ3n) is 4.09. The predicted octanol–water partition coefficient (Wildman–Crippen LogP) is 3.65. The highest BCUT2D eigenvalue weighted by Gasteiger charge is 2.12. The minimum Gasteiger partial charge on any atom is -0.384 e. The normalized spacial score (nSPS) is 16.2. The molecule has 2 aromatic rings. The summed E-state index contributed by atoms with van der Waals surface area (Å²) in [5, 5.41) is 7.65. The lowest BCUT2D eigenvalue weighted by atomic mass is 9.87. The summed E-state index contributed by atoms with van der Waals surface area (Å²) in [6.45, 7) is 1.05. The number of nitrogens with one attached hydrogen (secondary N) is 1. The van der Waals surface area contributed by atoms with E-state index in [-0.39, 0.29) is 0 Å². The van der Waals surface area contributed by atoms with Gasteiger partial charge in [-0.3, -0.25) is 0 Å². The van der Waals surface area contributed by atoms with Crippen molar-refractivity contribution in [2.24, 2.45) is 5.92 Å². The van der Waals surface area contributed by atoms with E-state index in [2.05, 4.69) is 21.5 Å². The van der Waals surface area contributed by atoms with Crippen LogP contribution in [0.2, 0.25) is 0 Å². The van der Waals surface area contributed by atoms with E-state index in [0.717, 1.165) is 24.0 Å². The predicted molar refractivity (Wildman–Crippen MR) is 81.0 cm³/mol. The molecule has 1 fully saturated rings. The van der Waals surface area contributed by atoms with Gasteiger partial charge >= 0.3 is 0 Å². The zero-order chi connectivity index (χ0) is 13.6.